The first-order chi connectivity index (χ1) is 10.8. The molecule has 1 fully saturated rings. The molecule has 1 aromatic rings. The van der Waals surface area contributed by atoms with E-state index in [-0.39, 0.29) is 18.6 Å². The highest BCUT2D eigenvalue weighted by Crippen LogP contribution is 2.33. The van der Waals surface area contributed by atoms with Gasteiger partial charge in [-0.1, -0.05) is 0 Å². The number of likely N-dealkylation sites (tertiary alicyclic amines) is 1. The Bertz CT molecular complexity index is 613. The van der Waals surface area contributed by atoms with Crippen molar-refractivity contribution in [2.45, 2.75) is 33.3 Å². The van der Waals surface area contributed by atoms with Crippen molar-refractivity contribution >= 4 is 11.9 Å². The summed E-state index contributed by atoms with van der Waals surface area (Å²) < 4.78 is 10.9. The summed E-state index contributed by atoms with van der Waals surface area (Å²) in [5, 5.41) is 9.31. The molecule has 0 bridgehead atoms. The van der Waals surface area contributed by atoms with Gasteiger partial charge in [0.2, 0.25) is 0 Å². The van der Waals surface area contributed by atoms with Crippen molar-refractivity contribution in [2.75, 3.05) is 20.2 Å². The average Bonchev–Trinajstić information content (AvgIpc) is 2.90. The molecule has 0 spiro atoms. The molecule has 0 aromatic heterocycles. The minimum Gasteiger partial charge on any atom is -0.497 e. The number of carboxylic acid groups (broad SMARTS) is 1. The van der Waals surface area contributed by atoms with Crippen molar-refractivity contribution < 1.29 is 24.2 Å². The molecule has 1 heterocycles. The number of aliphatic carboxylic acids is 1. The first kappa shape index (κ1) is 17.1. The molecule has 0 radical (unpaired) electrons. The first-order valence-electron chi connectivity index (χ1n) is 7.64. The molecule has 0 saturated carbocycles. The molecule has 1 aromatic carbocycles. The zero-order valence-electron chi connectivity index (χ0n) is 14.0. The molecule has 0 aliphatic carbocycles. The number of carbonyl (C=O) groups excluding carboxylic acids is 1. The summed E-state index contributed by atoms with van der Waals surface area (Å²) in [5.41, 5.74) is -0.463. The molecular weight excluding hydrogens is 298 g/mol. The quantitative estimate of drug-likeness (QED) is 0.901. The van der Waals surface area contributed by atoms with Crippen LogP contribution in [0.3, 0.4) is 0 Å². The van der Waals surface area contributed by atoms with E-state index in [1.54, 1.807) is 37.1 Å². The van der Waals surface area contributed by atoms with E-state index in [0.717, 1.165) is 0 Å². The van der Waals surface area contributed by atoms with Gasteiger partial charge < -0.3 is 19.5 Å². The van der Waals surface area contributed by atoms with Crippen molar-refractivity contribution in [3.8, 4) is 11.5 Å². The molecule has 1 N–H and O–H groups in total. The molecule has 6 heteroatoms. The fourth-order valence-corrected chi connectivity index (χ4v) is 2.64. The maximum absolute atomic E-state index is 12.8. The van der Waals surface area contributed by atoms with Crippen LogP contribution in [0.2, 0.25) is 0 Å². The second kappa shape index (κ2) is 6.48. The monoisotopic (exact) mass is 321 g/mol. The van der Waals surface area contributed by atoms with Gasteiger partial charge >= 0.3 is 5.97 Å². The van der Waals surface area contributed by atoms with E-state index < -0.39 is 11.4 Å². The van der Waals surface area contributed by atoms with Crippen LogP contribution in [0.1, 0.15) is 37.6 Å². The smallest absolute Gasteiger partial charge is 0.311 e. The Hall–Kier alpha value is -2.24. The largest absolute Gasteiger partial charge is 0.497 e. The lowest BCUT2D eigenvalue weighted by Crippen LogP contribution is -2.35. The van der Waals surface area contributed by atoms with Crippen molar-refractivity contribution in [2.24, 2.45) is 5.41 Å². The Morgan fingerprint density at radius 1 is 1.35 bits per heavy atom. The summed E-state index contributed by atoms with van der Waals surface area (Å²) in [6, 6.07) is 5.04. The Kier molecular flexibility index (Phi) is 4.82. The summed E-state index contributed by atoms with van der Waals surface area (Å²) in [7, 11) is 1.55. The van der Waals surface area contributed by atoms with E-state index in [2.05, 4.69) is 0 Å². The highest BCUT2D eigenvalue weighted by molar-refractivity contribution is 5.97. The van der Waals surface area contributed by atoms with Crippen LogP contribution < -0.4 is 9.47 Å². The number of rotatable bonds is 5. The minimum atomic E-state index is -0.888. The molecule has 23 heavy (non-hydrogen) atoms. The molecule has 2 rings (SSSR count). The molecule has 1 aliphatic heterocycles. The van der Waals surface area contributed by atoms with Gasteiger partial charge in [-0.15, -0.1) is 0 Å². The van der Waals surface area contributed by atoms with Gasteiger partial charge in [0.05, 0.1) is 24.2 Å². The number of ether oxygens (including phenoxy) is 2. The van der Waals surface area contributed by atoms with E-state index in [0.29, 0.717) is 30.0 Å². The number of nitrogens with zero attached hydrogens (tertiary/aromatic N) is 1. The van der Waals surface area contributed by atoms with Gasteiger partial charge in [-0.3, -0.25) is 9.59 Å². The molecular formula is C17H23NO5. The average molecular weight is 321 g/mol. The third-order valence-electron chi connectivity index (χ3n) is 4.06. The van der Waals surface area contributed by atoms with E-state index in [1.165, 1.54) is 0 Å². The number of benzene rings is 1. The standard InChI is InChI=1S/C17H23NO5/c1-11(2)23-14-9-12(22-4)5-6-13(14)15(19)18-8-7-17(3,10-18)16(20)21/h5-6,9,11H,7-8,10H2,1-4H3,(H,20,21). The van der Waals surface area contributed by atoms with E-state index in [9.17, 15) is 14.7 Å². The molecule has 6 nitrogen and oxygen atoms in total. The fraction of sp³-hybridized carbons (Fsp3) is 0.529. The molecule has 1 aliphatic rings. The van der Waals surface area contributed by atoms with Crippen molar-refractivity contribution in [1.29, 1.82) is 0 Å². The van der Waals surface area contributed by atoms with Crippen LogP contribution in [0.4, 0.5) is 0 Å². The minimum absolute atomic E-state index is 0.0866. The number of amides is 1. The lowest BCUT2D eigenvalue weighted by molar-refractivity contribution is -0.147. The second-order valence-corrected chi connectivity index (χ2v) is 6.37. The molecule has 1 amide bonds. The van der Waals surface area contributed by atoms with Crippen molar-refractivity contribution in [3.63, 3.8) is 0 Å². The molecule has 1 unspecified atom stereocenters. The lowest BCUT2D eigenvalue weighted by atomic mass is 9.90. The topological polar surface area (TPSA) is 76.1 Å². The molecule has 1 atom stereocenters. The maximum atomic E-state index is 12.8. The third kappa shape index (κ3) is 3.57. The van der Waals surface area contributed by atoms with Gasteiger partial charge in [0.1, 0.15) is 11.5 Å². The van der Waals surface area contributed by atoms with Gasteiger partial charge in [-0.25, -0.2) is 0 Å². The van der Waals surface area contributed by atoms with Crippen molar-refractivity contribution in [1.82, 2.24) is 4.90 Å². The van der Waals surface area contributed by atoms with Crippen LogP contribution in [0.25, 0.3) is 0 Å². The zero-order chi connectivity index (χ0) is 17.2. The van der Waals surface area contributed by atoms with Gasteiger partial charge in [-0.2, -0.15) is 0 Å². The third-order valence-corrected chi connectivity index (χ3v) is 4.06. The zero-order valence-corrected chi connectivity index (χ0v) is 14.0. The SMILES string of the molecule is COc1ccc(C(=O)N2CCC(C)(C(=O)O)C2)c(OC(C)C)c1. The molecule has 1 saturated heterocycles. The van der Waals surface area contributed by atoms with E-state index in [4.69, 9.17) is 9.47 Å². The Morgan fingerprint density at radius 2 is 2.04 bits per heavy atom. The number of hydrogen-bond acceptors (Lipinski definition) is 4. The van der Waals surface area contributed by atoms with Crippen LogP contribution in [0.15, 0.2) is 18.2 Å². The van der Waals surface area contributed by atoms with E-state index in [1.807, 2.05) is 13.8 Å². The number of carbonyl (C=O) groups is 2. The predicted octanol–water partition coefficient (Wildman–Crippen LogP) is 2.42. The Morgan fingerprint density at radius 3 is 2.57 bits per heavy atom. The summed E-state index contributed by atoms with van der Waals surface area (Å²) in [6.45, 7) is 6.06. The van der Waals surface area contributed by atoms with Gasteiger partial charge in [0.25, 0.3) is 5.91 Å². The first-order valence-corrected chi connectivity index (χ1v) is 7.64. The number of hydrogen-bond donors (Lipinski definition) is 1. The summed E-state index contributed by atoms with van der Waals surface area (Å²) in [6.07, 6.45) is 0.362. The Labute approximate surface area is 136 Å². The van der Waals surface area contributed by atoms with Crippen LogP contribution >= 0.6 is 0 Å². The van der Waals surface area contributed by atoms with Gasteiger partial charge in [0, 0.05) is 19.2 Å². The van der Waals surface area contributed by atoms with E-state index >= 15 is 0 Å². The Balaban J connectivity index is 2.27. The summed E-state index contributed by atoms with van der Waals surface area (Å²) in [5.74, 6) is -0.0308. The maximum Gasteiger partial charge on any atom is 0.311 e. The molecule has 126 valence electrons. The predicted molar refractivity (Wildman–Crippen MR) is 85.0 cm³/mol. The highest BCUT2D eigenvalue weighted by Gasteiger charge is 2.42. The highest BCUT2D eigenvalue weighted by atomic mass is 16.5. The normalized spacial score (nSPS) is 20.7. The van der Waals surface area contributed by atoms with Gasteiger partial charge in [0.15, 0.2) is 0 Å². The summed E-state index contributed by atoms with van der Waals surface area (Å²) in [4.78, 5) is 25.7. The second-order valence-electron chi connectivity index (χ2n) is 6.37. The van der Waals surface area contributed by atoms with Crippen LogP contribution in [-0.4, -0.2) is 48.2 Å². The summed E-state index contributed by atoms with van der Waals surface area (Å²) >= 11 is 0. The number of carboxylic acids is 1. The van der Waals surface area contributed by atoms with Crippen LogP contribution in [0.5, 0.6) is 11.5 Å². The van der Waals surface area contributed by atoms with Crippen LogP contribution in [-0.2, 0) is 4.79 Å². The lowest BCUT2D eigenvalue weighted by Gasteiger charge is -2.22. The fourth-order valence-electron chi connectivity index (χ4n) is 2.64. The number of methoxy groups -OCH3 is 1. The van der Waals surface area contributed by atoms with Gasteiger partial charge in [-0.05, 0) is 39.3 Å². The van der Waals surface area contributed by atoms with Crippen LogP contribution in [0, 0.1) is 5.41 Å². The van der Waals surface area contributed by atoms with Crippen molar-refractivity contribution in [3.05, 3.63) is 23.8 Å².